The van der Waals surface area contributed by atoms with Crippen LogP contribution in [-0.2, 0) is 14.8 Å². The Balaban J connectivity index is 1.92. The van der Waals surface area contributed by atoms with Gasteiger partial charge in [0.15, 0.2) is 5.13 Å². The number of amides is 1. The first-order valence-electron chi connectivity index (χ1n) is 7.12. The zero-order valence-electron chi connectivity index (χ0n) is 13.0. The number of sulfonamides is 1. The molecule has 0 atom stereocenters. The molecule has 2 aromatic carbocycles. The van der Waals surface area contributed by atoms with E-state index in [4.69, 9.17) is 0 Å². The van der Waals surface area contributed by atoms with Gasteiger partial charge in [-0.05, 0) is 36.8 Å². The maximum atomic E-state index is 12.5. The zero-order valence-corrected chi connectivity index (χ0v) is 14.7. The van der Waals surface area contributed by atoms with Crippen LogP contribution in [0.5, 0.6) is 0 Å². The number of anilines is 2. The summed E-state index contributed by atoms with van der Waals surface area (Å²) < 4.78 is 28.5. The number of thiazole rings is 1. The van der Waals surface area contributed by atoms with Crippen molar-refractivity contribution in [2.45, 2.75) is 18.7 Å². The maximum Gasteiger partial charge on any atom is 0.262 e. The van der Waals surface area contributed by atoms with Gasteiger partial charge < -0.3 is 5.32 Å². The summed E-state index contributed by atoms with van der Waals surface area (Å²) in [4.78, 5) is 15.6. The van der Waals surface area contributed by atoms with Gasteiger partial charge in [0.2, 0.25) is 5.91 Å². The Morgan fingerprint density at radius 1 is 1.17 bits per heavy atom. The normalized spacial score (nSPS) is 11.4. The fraction of sp³-hybridized carbons (Fsp3) is 0.125. The van der Waals surface area contributed by atoms with E-state index in [-0.39, 0.29) is 10.8 Å². The van der Waals surface area contributed by atoms with Crippen molar-refractivity contribution in [3.8, 4) is 0 Å². The molecular formula is C16H15N3O3S2. The van der Waals surface area contributed by atoms with Crippen LogP contribution in [0.15, 0.2) is 47.4 Å². The minimum atomic E-state index is -3.67. The molecule has 0 aliphatic carbocycles. The summed E-state index contributed by atoms with van der Waals surface area (Å²) in [6.45, 7) is 3.16. The number of hydrogen-bond acceptors (Lipinski definition) is 5. The Morgan fingerprint density at radius 2 is 1.92 bits per heavy atom. The summed E-state index contributed by atoms with van der Waals surface area (Å²) in [5.41, 5.74) is 1.71. The van der Waals surface area contributed by atoms with E-state index in [9.17, 15) is 13.2 Å². The number of hydrogen-bond donors (Lipinski definition) is 2. The van der Waals surface area contributed by atoms with Crippen molar-refractivity contribution in [3.05, 3.63) is 48.0 Å². The number of aryl methyl sites for hydroxylation is 1. The highest BCUT2D eigenvalue weighted by atomic mass is 32.2. The van der Waals surface area contributed by atoms with E-state index in [1.54, 1.807) is 49.4 Å². The summed E-state index contributed by atoms with van der Waals surface area (Å²) in [5.74, 6) is -0.200. The van der Waals surface area contributed by atoms with Crippen LogP contribution < -0.4 is 10.0 Å². The number of rotatable bonds is 4. The molecule has 0 radical (unpaired) electrons. The van der Waals surface area contributed by atoms with E-state index in [0.717, 1.165) is 4.70 Å². The average molecular weight is 361 g/mol. The molecule has 3 rings (SSSR count). The number of carbonyl (C=O) groups excluding carboxylic acids is 1. The van der Waals surface area contributed by atoms with Gasteiger partial charge in [0.25, 0.3) is 10.0 Å². The number of benzene rings is 2. The van der Waals surface area contributed by atoms with Gasteiger partial charge in [0.05, 0.1) is 20.8 Å². The maximum absolute atomic E-state index is 12.5. The molecule has 1 amide bonds. The predicted octanol–water partition coefficient (Wildman–Crippen LogP) is 3.36. The van der Waals surface area contributed by atoms with Crippen molar-refractivity contribution < 1.29 is 13.2 Å². The second kappa shape index (κ2) is 6.21. The van der Waals surface area contributed by atoms with Crippen LogP contribution in [0, 0.1) is 6.92 Å². The van der Waals surface area contributed by atoms with Gasteiger partial charge in [0.1, 0.15) is 0 Å². The topological polar surface area (TPSA) is 88.2 Å². The molecule has 2 N–H and O–H groups in total. The van der Waals surface area contributed by atoms with Crippen molar-refractivity contribution in [3.63, 3.8) is 0 Å². The van der Waals surface area contributed by atoms with Gasteiger partial charge in [-0.1, -0.05) is 29.5 Å². The van der Waals surface area contributed by atoms with Crippen molar-refractivity contribution in [1.29, 1.82) is 0 Å². The van der Waals surface area contributed by atoms with E-state index in [1.807, 2.05) is 0 Å². The largest absolute Gasteiger partial charge is 0.302 e. The Kier molecular flexibility index (Phi) is 4.25. The Hall–Kier alpha value is -2.45. The highest BCUT2D eigenvalue weighted by Crippen LogP contribution is 2.29. The van der Waals surface area contributed by atoms with Gasteiger partial charge in [0, 0.05) is 6.92 Å². The fourth-order valence-electron chi connectivity index (χ4n) is 2.26. The third-order valence-corrected chi connectivity index (χ3v) is 5.80. The Morgan fingerprint density at radius 3 is 2.62 bits per heavy atom. The fourth-order valence-corrected chi connectivity index (χ4v) is 4.45. The number of nitrogens with zero attached hydrogens (tertiary/aromatic N) is 1. The standard InChI is InChI=1S/C16H15N3O3S2/c1-10-5-3-4-6-15(10)24(21,22)19-12-7-8-14-13(9-12)18-16(23-14)17-11(2)20/h3-9,19H,1-2H3,(H,17,18,20). The quantitative estimate of drug-likeness (QED) is 0.746. The Bertz CT molecular complexity index is 1030. The first-order valence-corrected chi connectivity index (χ1v) is 9.42. The van der Waals surface area contributed by atoms with Crippen molar-refractivity contribution >= 4 is 48.3 Å². The number of fused-ring (bicyclic) bond motifs is 1. The van der Waals surface area contributed by atoms with E-state index in [0.29, 0.717) is 21.9 Å². The molecule has 6 nitrogen and oxygen atoms in total. The Labute approximate surface area is 143 Å². The third-order valence-electron chi connectivity index (χ3n) is 3.31. The lowest BCUT2D eigenvalue weighted by Gasteiger charge is -2.10. The second-order valence-electron chi connectivity index (χ2n) is 5.25. The van der Waals surface area contributed by atoms with Crippen LogP contribution in [0.3, 0.4) is 0 Å². The highest BCUT2D eigenvalue weighted by Gasteiger charge is 2.17. The van der Waals surface area contributed by atoms with Crippen LogP contribution in [0.1, 0.15) is 12.5 Å². The molecule has 0 bridgehead atoms. The minimum Gasteiger partial charge on any atom is -0.302 e. The molecule has 0 unspecified atom stereocenters. The van der Waals surface area contributed by atoms with E-state index in [1.165, 1.54) is 18.3 Å². The molecule has 124 valence electrons. The highest BCUT2D eigenvalue weighted by molar-refractivity contribution is 7.92. The van der Waals surface area contributed by atoms with E-state index >= 15 is 0 Å². The molecule has 0 fully saturated rings. The molecule has 0 aliphatic rings. The second-order valence-corrected chi connectivity index (χ2v) is 7.94. The van der Waals surface area contributed by atoms with Gasteiger partial charge in [-0.3, -0.25) is 9.52 Å². The summed E-state index contributed by atoms with van der Waals surface area (Å²) in [6.07, 6.45) is 0. The molecule has 0 spiro atoms. The van der Waals surface area contributed by atoms with Crippen molar-refractivity contribution in [2.75, 3.05) is 10.0 Å². The minimum absolute atomic E-state index is 0.200. The third kappa shape index (κ3) is 3.39. The zero-order chi connectivity index (χ0) is 17.3. The van der Waals surface area contributed by atoms with Crippen molar-refractivity contribution in [1.82, 2.24) is 4.98 Å². The first kappa shape index (κ1) is 16.4. The molecule has 0 aliphatic heterocycles. The monoisotopic (exact) mass is 361 g/mol. The van der Waals surface area contributed by atoms with E-state index in [2.05, 4.69) is 15.0 Å². The lowest BCUT2D eigenvalue weighted by Crippen LogP contribution is -2.14. The van der Waals surface area contributed by atoms with Crippen LogP contribution >= 0.6 is 11.3 Å². The summed E-state index contributed by atoms with van der Waals surface area (Å²) in [6, 6.07) is 11.9. The summed E-state index contributed by atoms with van der Waals surface area (Å²) in [7, 11) is -3.67. The first-order chi connectivity index (χ1) is 11.3. The summed E-state index contributed by atoms with van der Waals surface area (Å²) >= 11 is 1.33. The smallest absolute Gasteiger partial charge is 0.262 e. The molecular weight excluding hydrogens is 346 g/mol. The molecule has 3 aromatic rings. The molecule has 24 heavy (non-hydrogen) atoms. The molecule has 0 saturated heterocycles. The van der Waals surface area contributed by atoms with Gasteiger partial charge >= 0.3 is 0 Å². The molecule has 1 heterocycles. The van der Waals surface area contributed by atoms with Gasteiger partial charge in [-0.25, -0.2) is 13.4 Å². The lowest BCUT2D eigenvalue weighted by atomic mass is 10.2. The van der Waals surface area contributed by atoms with Gasteiger partial charge in [-0.2, -0.15) is 0 Å². The average Bonchev–Trinajstić information content (AvgIpc) is 2.87. The van der Waals surface area contributed by atoms with Crippen LogP contribution in [0.4, 0.5) is 10.8 Å². The lowest BCUT2D eigenvalue weighted by molar-refractivity contribution is -0.114. The molecule has 0 saturated carbocycles. The van der Waals surface area contributed by atoms with Crippen LogP contribution in [-0.4, -0.2) is 19.3 Å². The summed E-state index contributed by atoms with van der Waals surface area (Å²) in [5, 5.41) is 3.11. The number of carbonyl (C=O) groups is 1. The van der Waals surface area contributed by atoms with Crippen LogP contribution in [0.25, 0.3) is 10.2 Å². The SMILES string of the molecule is CC(=O)Nc1nc2cc(NS(=O)(=O)c3ccccc3C)ccc2s1. The molecule has 1 aromatic heterocycles. The van der Waals surface area contributed by atoms with Crippen molar-refractivity contribution in [2.24, 2.45) is 0 Å². The van der Waals surface area contributed by atoms with E-state index < -0.39 is 10.0 Å². The molecule has 8 heteroatoms. The predicted molar refractivity (Wildman–Crippen MR) is 95.9 cm³/mol. The van der Waals surface area contributed by atoms with Gasteiger partial charge in [-0.15, -0.1) is 0 Å². The number of aromatic nitrogens is 1. The van der Waals surface area contributed by atoms with Crippen LogP contribution in [0.2, 0.25) is 0 Å². The number of nitrogens with one attached hydrogen (secondary N) is 2.